The zero-order chi connectivity index (χ0) is 72.5. The number of aromatic nitrogens is 3. The van der Waals surface area contributed by atoms with E-state index in [0.717, 1.165) is 21.8 Å². The van der Waals surface area contributed by atoms with E-state index < -0.39 is 119 Å². The van der Waals surface area contributed by atoms with Crippen LogP contribution in [0.4, 0.5) is 0 Å². The molecule has 536 valence electrons. The summed E-state index contributed by atoms with van der Waals surface area (Å²) in [5, 5.41) is 34.7. The smallest absolute Gasteiger partial charge is 0.326 e. The molecular weight excluding hydrogens is 1270 g/mol. The topological polar surface area (TPSA) is 537 Å². The molecule has 0 saturated carbocycles. The van der Waals surface area contributed by atoms with E-state index in [1.54, 1.807) is 58.4 Å². The highest BCUT2D eigenvalue weighted by Gasteiger charge is 2.37. The molecular formula is C68H99N21O10. The fraction of sp³-hybridized carbons (Fsp3) is 0.471. The van der Waals surface area contributed by atoms with Crippen LogP contribution in [0.25, 0.3) is 32.7 Å². The Morgan fingerprint density at radius 3 is 1.03 bits per heavy atom. The first kappa shape index (κ1) is 77.3. The third kappa shape index (κ3) is 23.0. The zero-order valence-electron chi connectivity index (χ0n) is 57.0. The van der Waals surface area contributed by atoms with Crippen LogP contribution in [0.5, 0.6) is 0 Å². The minimum atomic E-state index is -1.49. The van der Waals surface area contributed by atoms with Gasteiger partial charge in [0.15, 0.2) is 17.9 Å². The second-order valence-corrected chi connectivity index (χ2v) is 25.3. The van der Waals surface area contributed by atoms with Gasteiger partial charge in [-0.15, -0.1) is 0 Å². The molecule has 0 fully saturated rings. The van der Waals surface area contributed by atoms with Gasteiger partial charge in [0.2, 0.25) is 47.3 Å². The summed E-state index contributed by atoms with van der Waals surface area (Å²) >= 11 is 0. The number of nitrogens with zero attached hydrogens (tertiary/aromatic N) is 3. The number of carbonyl (C=O) groups is 9. The fourth-order valence-corrected chi connectivity index (χ4v) is 11.4. The van der Waals surface area contributed by atoms with Crippen molar-refractivity contribution < 1.29 is 48.3 Å². The molecule has 8 amide bonds. The average Bonchev–Trinajstić information content (AvgIpc) is 1.73. The largest absolute Gasteiger partial charge is 0.480 e. The van der Waals surface area contributed by atoms with Crippen molar-refractivity contribution in [2.24, 2.45) is 72.9 Å². The Hall–Kier alpha value is -10.7. The molecule has 26 N–H and O–H groups in total. The highest BCUT2D eigenvalue weighted by molar-refractivity contribution is 5.99. The number of carboxylic acid groups (broad SMARTS) is 1. The van der Waals surface area contributed by atoms with Gasteiger partial charge in [0.25, 0.3) is 0 Å². The van der Waals surface area contributed by atoms with Crippen molar-refractivity contribution in [2.45, 2.75) is 167 Å². The highest BCUT2D eigenvalue weighted by atomic mass is 16.4. The Kier molecular flexibility index (Phi) is 29.4. The fourth-order valence-electron chi connectivity index (χ4n) is 11.4. The Bertz CT molecular complexity index is 3830. The SMILES string of the molecule is CC[C@H](C)[C@H](N)C(=O)N[C@@H](Cc1c[nH]c2ccccc12)C(=O)N[C@@H](CCCN=C(N)N)C(=O)N[C@H](C(=O)N[C@@H](Cc1c[nH]c2ccccc12)C(=O)N[C@@H](CCCN=C(N)N)C(=O)N[C@@H](CCCN=C(N)N)C(=O)N[C@@H](Cc1c[nH]c2ccccc12)C(=O)N[C@H](C(=O)O)[C@@H](C)CC)C(C)C. The molecule has 31 nitrogen and oxygen atoms in total. The van der Waals surface area contributed by atoms with Gasteiger partial charge in [-0.2, -0.15) is 0 Å². The normalized spacial score (nSPS) is 14.7. The number of amides is 8. The second kappa shape index (κ2) is 37.7. The van der Waals surface area contributed by atoms with Crippen LogP contribution in [0.2, 0.25) is 0 Å². The molecule has 6 rings (SSSR count). The molecule has 3 heterocycles. The van der Waals surface area contributed by atoms with Crippen molar-refractivity contribution in [2.75, 3.05) is 19.6 Å². The van der Waals surface area contributed by atoms with Crippen molar-refractivity contribution in [1.29, 1.82) is 0 Å². The lowest BCUT2D eigenvalue weighted by molar-refractivity contribution is -0.144. The number of nitrogens with two attached hydrogens (primary N) is 7. The number of hydrogen-bond donors (Lipinski definition) is 19. The number of H-pyrrole nitrogens is 3. The predicted molar refractivity (Wildman–Crippen MR) is 381 cm³/mol. The number of para-hydroxylation sites is 3. The van der Waals surface area contributed by atoms with Crippen molar-refractivity contribution in [3.8, 4) is 0 Å². The van der Waals surface area contributed by atoms with Gasteiger partial charge in [-0.05, 0) is 91.2 Å². The van der Waals surface area contributed by atoms with E-state index in [2.05, 4.69) is 72.5 Å². The lowest BCUT2D eigenvalue weighted by atomic mass is 9.97. The summed E-state index contributed by atoms with van der Waals surface area (Å²) < 4.78 is 0. The van der Waals surface area contributed by atoms with Crippen LogP contribution in [0.15, 0.2) is 106 Å². The van der Waals surface area contributed by atoms with Gasteiger partial charge >= 0.3 is 5.97 Å². The van der Waals surface area contributed by atoms with Gasteiger partial charge in [-0.3, -0.25) is 53.3 Å². The Morgan fingerprint density at radius 2 is 0.697 bits per heavy atom. The molecule has 0 aliphatic carbocycles. The van der Waals surface area contributed by atoms with E-state index in [0.29, 0.717) is 40.4 Å². The Balaban J connectivity index is 1.32. The van der Waals surface area contributed by atoms with Crippen molar-refractivity contribution in [3.05, 3.63) is 108 Å². The molecule has 0 unspecified atom stereocenters. The summed E-state index contributed by atoms with van der Waals surface area (Å²) in [7, 11) is 0. The first-order chi connectivity index (χ1) is 47.2. The van der Waals surface area contributed by atoms with Crippen LogP contribution in [-0.2, 0) is 62.4 Å². The van der Waals surface area contributed by atoms with E-state index in [9.17, 15) is 33.9 Å². The van der Waals surface area contributed by atoms with Crippen molar-refractivity contribution >= 4 is 104 Å². The quantitative estimate of drug-likeness (QED) is 0.0140. The third-order valence-electron chi connectivity index (χ3n) is 17.5. The minimum absolute atomic E-state index is 0.00415. The molecule has 6 aromatic rings. The molecule has 31 heteroatoms. The monoisotopic (exact) mass is 1370 g/mol. The van der Waals surface area contributed by atoms with Crippen LogP contribution in [-0.4, -0.2) is 165 Å². The van der Waals surface area contributed by atoms with Crippen LogP contribution in [0.3, 0.4) is 0 Å². The Labute approximate surface area is 574 Å². The van der Waals surface area contributed by atoms with Gasteiger partial charge in [0, 0.05) is 90.2 Å². The van der Waals surface area contributed by atoms with Gasteiger partial charge in [0.05, 0.1) is 6.04 Å². The molecule has 0 aliphatic heterocycles. The van der Waals surface area contributed by atoms with E-state index in [1.165, 1.54) is 0 Å². The number of aliphatic carboxylic acids is 1. The molecule has 0 bridgehead atoms. The number of carbonyl (C=O) groups excluding carboxylic acids is 8. The van der Waals surface area contributed by atoms with Crippen LogP contribution in [0.1, 0.15) is 110 Å². The maximum Gasteiger partial charge on any atom is 0.326 e. The molecule has 99 heavy (non-hydrogen) atoms. The maximum absolute atomic E-state index is 15.2. The number of carboxylic acids is 1. The van der Waals surface area contributed by atoms with E-state index in [-0.39, 0.29) is 101 Å². The van der Waals surface area contributed by atoms with Gasteiger partial charge in [-0.1, -0.05) is 109 Å². The van der Waals surface area contributed by atoms with Gasteiger partial charge < -0.3 is 103 Å². The van der Waals surface area contributed by atoms with E-state index in [4.69, 9.17) is 40.1 Å². The predicted octanol–water partition coefficient (Wildman–Crippen LogP) is 0.358. The highest BCUT2D eigenvalue weighted by Crippen LogP contribution is 2.24. The number of nitrogens with one attached hydrogen (secondary N) is 11. The zero-order valence-corrected chi connectivity index (χ0v) is 57.0. The first-order valence-electron chi connectivity index (χ1n) is 33.4. The lowest BCUT2D eigenvalue weighted by Gasteiger charge is -2.29. The molecule has 0 aliphatic rings. The number of rotatable bonds is 40. The minimum Gasteiger partial charge on any atom is -0.480 e. The van der Waals surface area contributed by atoms with Gasteiger partial charge in [-0.25, -0.2) is 4.79 Å². The molecule has 11 atom stereocenters. The molecule has 3 aromatic carbocycles. The van der Waals surface area contributed by atoms with Crippen molar-refractivity contribution in [3.63, 3.8) is 0 Å². The third-order valence-corrected chi connectivity index (χ3v) is 17.5. The molecule has 0 saturated heterocycles. The number of aliphatic imine (C=N–C) groups is 3. The number of hydrogen-bond acceptors (Lipinski definition) is 13. The maximum atomic E-state index is 15.2. The number of guanidine groups is 3. The second-order valence-electron chi connectivity index (χ2n) is 25.3. The van der Waals surface area contributed by atoms with E-state index >= 15 is 14.4 Å². The molecule has 3 aromatic heterocycles. The number of benzene rings is 3. The number of aromatic amines is 3. The van der Waals surface area contributed by atoms with Crippen molar-refractivity contribution in [1.82, 2.24) is 57.5 Å². The average molecular weight is 1370 g/mol. The standard InChI is InChI=1S/C68H99N21O10/c1-7-37(5)54(69)63(96)86-51(30-39-33-79-45-21-12-9-18-42(39)45)60(93)84-50(26-17-29-78-68(74)75)59(92)88-55(36(3)4)64(97)87-52(31-40-34-80-46-22-13-10-19-43(40)46)61(94)83-48(24-15-27-76-66(70)71)57(90)82-49(25-16-28-77-67(72)73)58(91)85-53(62(95)89-56(65(98)99)38(6)8-2)32-41-35-81-47-23-14-11-20-44(41)47/h9-14,18-23,33-38,48-56,79-81H,7-8,15-17,24-32,69H2,1-6H3,(H,82,90)(H,83,94)(H,84,93)(H,85,91)(H,86,96)(H,87,97)(H,88,92)(H,89,95)(H,98,99)(H4,70,71,76)(H4,72,73,77)(H4,74,75,78)/t37-,38-,48-,49-,50-,51-,52-,53-,54-,55-,56-/m0/s1. The van der Waals surface area contributed by atoms with Crippen LogP contribution in [0, 0.1) is 17.8 Å². The van der Waals surface area contributed by atoms with Crippen LogP contribution >= 0.6 is 0 Å². The summed E-state index contributed by atoms with van der Waals surface area (Å²) in [5.74, 6) is -9.74. The Morgan fingerprint density at radius 1 is 0.404 bits per heavy atom. The summed E-state index contributed by atoms with van der Waals surface area (Å²) in [6, 6.07) is 9.87. The first-order valence-corrected chi connectivity index (χ1v) is 33.4. The molecule has 0 spiro atoms. The van der Waals surface area contributed by atoms with E-state index in [1.807, 2.05) is 74.5 Å². The summed E-state index contributed by atoms with van der Waals surface area (Å²) in [5.41, 5.74) is 44.4. The lowest BCUT2D eigenvalue weighted by Crippen LogP contribution is -2.61. The van der Waals surface area contributed by atoms with Crippen LogP contribution < -0.4 is 82.7 Å². The summed E-state index contributed by atoms with van der Waals surface area (Å²) in [6.45, 7) is 10.5. The summed E-state index contributed by atoms with van der Waals surface area (Å²) in [4.78, 5) is 152. The summed E-state index contributed by atoms with van der Waals surface area (Å²) in [6.07, 6.45) is 5.84. The molecule has 0 radical (unpaired) electrons. The number of fused-ring (bicyclic) bond motifs is 3. The van der Waals surface area contributed by atoms with Gasteiger partial charge in [0.1, 0.15) is 48.3 Å².